The zero-order valence-electron chi connectivity index (χ0n) is 6.05. The molecule has 0 radical (unpaired) electrons. The van der Waals surface area contributed by atoms with Gasteiger partial charge in [0.2, 0.25) is 5.88 Å². The second-order valence-electron chi connectivity index (χ2n) is 2.09. The van der Waals surface area contributed by atoms with E-state index in [2.05, 4.69) is 0 Å². The Labute approximate surface area is 58.2 Å². The molecule has 0 aliphatic carbocycles. The lowest BCUT2D eigenvalue weighted by molar-refractivity contribution is 0.310. The summed E-state index contributed by atoms with van der Waals surface area (Å²) in [4.78, 5) is 11.0. The number of hydrogen-bond donors (Lipinski definition) is 1. The van der Waals surface area contributed by atoms with E-state index in [0.29, 0.717) is 12.0 Å². The molecule has 0 aliphatic rings. The van der Waals surface area contributed by atoms with Crippen LogP contribution in [0.1, 0.15) is 12.5 Å². The third kappa shape index (κ3) is 0.814. The van der Waals surface area contributed by atoms with Gasteiger partial charge in [0.1, 0.15) is 0 Å². The van der Waals surface area contributed by atoms with Gasteiger partial charge >= 0.3 is 0 Å². The minimum absolute atomic E-state index is 0.139. The van der Waals surface area contributed by atoms with E-state index in [-0.39, 0.29) is 11.4 Å². The third-order valence-electron chi connectivity index (χ3n) is 1.43. The molecule has 1 aromatic heterocycles. The summed E-state index contributed by atoms with van der Waals surface area (Å²) in [6.45, 7) is 1.86. The molecule has 0 spiro atoms. The molecule has 4 nitrogen and oxygen atoms in total. The van der Waals surface area contributed by atoms with Crippen LogP contribution in [0.5, 0.6) is 0 Å². The van der Waals surface area contributed by atoms with E-state index in [9.17, 15) is 4.79 Å². The van der Waals surface area contributed by atoms with Crippen LogP contribution in [0.4, 0.5) is 5.88 Å². The number of aromatic nitrogens is 1. The quantitative estimate of drug-likeness (QED) is 0.606. The van der Waals surface area contributed by atoms with E-state index in [1.807, 2.05) is 6.92 Å². The molecule has 0 saturated heterocycles. The van der Waals surface area contributed by atoms with Crippen molar-refractivity contribution in [3.63, 3.8) is 0 Å². The number of aryl methyl sites for hydroxylation is 1. The summed E-state index contributed by atoms with van der Waals surface area (Å²) >= 11 is 0. The Kier molecular flexibility index (Phi) is 1.53. The molecule has 2 N–H and O–H groups in total. The summed E-state index contributed by atoms with van der Waals surface area (Å²) in [6.07, 6.45) is 0.620. The molecule has 0 atom stereocenters. The predicted octanol–water partition coefficient (Wildman–Crippen LogP) is 0.123. The number of hydrogen-bond acceptors (Lipinski definition) is 3. The predicted molar refractivity (Wildman–Crippen MR) is 37.7 cm³/mol. The Bertz CT molecular complexity index is 284. The van der Waals surface area contributed by atoms with Crippen molar-refractivity contribution in [2.24, 2.45) is 7.05 Å². The summed E-state index contributed by atoms with van der Waals surface area (Å²) < 4.78 is 5.95. The Hall–Kier alpha value is -1.19. The van der Waals surface area contributed by atoms with Crippen LogP contribution in [-0.2, 0) is 13.5 Å². The van der Waals surface area contributed by atoms with Crippen LogP contribution in [-0.4, -0.2) is 4.74 Å². The fraction of sp³-hybridized carbons (Fsp3) is 0.500. The third-order valence-corrected chi connectivity index (χ3v) is 1.43. The summed E-state index contributed by atoms with van der Waals surface area (Å²) in [7, 11) is 1.54. The maximum absolute atomic E-state index is 11.0. The molecule has 0 unspecified atom stereocenters. The molecule has 0 saturated carbocycles. The number of nitrogen functional groups attached to an aromatic ring is 1. The molecule has 56 valence electrons. The first-order valence-electron chi connectivity index (χ1n) is 3.11. The molecule has 1 heterocycles. The molecule has 0 amide bonds. The van der Waals surface area contributed by atoms with Gasteiger partial charge in [-0.1, -0.05) is 6.92 Å². The average molecular weight is 142 g/mol. The first-order chi connectivity index (χ1) is 4.66. The minimum atomic E-state index is -0.139. The van der Waals surface area contributed by atoms with Crippen molar-refractivity contribution in [2.45, 2.75) is 13.3 Å². The van der Waals surface area contributed by atoms with E-state index in [0.717, 1.165) is 4.74 Å². The normalized spacial score (nSPS) is 10.2. The molecule has 0 aromatic carbocycles. The highest BCUT2D eigenvalue weighted by Crippen LogP contribution is 2.05. The fourth-order valence-corrected chi connectivity index (χ4v) is 0.865. The summed E-state index contributed by atoms with van der Waals surface area (Å²) in [5.41, 5.74) is 5.78. The summed E-state index contributed by atoms with van der Waals surface area (Å²) in [5, 5.41) is 0. The molecule has 0 bridgehead atoms. The molecule has 0 fully saturated rings. The van der Waals surface area contributed by atoms with Crippen molar-refractivity contribution < 1.29 is 4.52 Å². The standard InChI is InChI=1S/C6H10N2O2/c1-3-4-5(7)10-8(2)6(4)9/h3,7H2,1-2H3. The molecule has 10 heavy (non-hydrogen) atoms. The largest absolute Gasteiger partial charge is 0.367 e. The maximum atomic E-state index is 11.0. The van der Waals surface area contributed by atoms with Crippen molar-refractivity contribution in [3.8, 4) is 0 Å². The second kappa shape index (κ2) is 2.21. The van der Waals surface area contributed by atoms with Crippen molar-refractivity contribution >= 4 is 5.88 Å². The smallest absolute Gasteiger partial charge is 0.287 e. The number of rotatable bonds is 1. The van der Waals surface area contributed by atoms with E-state index >= 15 is 0 Å². The van der Waals surface area contributed by atoms with Crippen LogP contribution in [0.2, 0.25) is 0 Å². The van der Waals surface area contributed by atoms with Crippen LogP contribution < -0.4 is 11.3 Å². The van der Waals surface area contributed by atoms with Gasteiger partial charge in [-0.05, 0) is 6.42 Å². The topological polar surface area (TPSA) is 61.2 Å². The van der Waals surface area contributed by atoms with Gasteiger partial charge in [-0.2, -0.15) is 4.74 Å². The van der Waals surface area contributed by atoms with E-state index in [1.165, 1.54) is 7.05 Å². The summed E-state index contributed by atoms with van der Waals surface area (Å²) in [5.74, 6) is 0.231. The fourth-order valence-electron chi connectivity index (χ4n) is 0.865. The highest BCUT2D eigenvalue weighted by molar-refractivity contribution is 5.33. The van der Waals surface area contributed by atoms with Gasteiger partial charge in [0.15, 0.2) is 0 Å². The van der Waals surface area contributed by atoms with Gasteiger partial charge in [0.05, 0.1) is 5.56 Å². The minimum Gasteiger partial charge on any atom is -0.367 e. The van der Waals surface area contributed by atoms with Crippen molar-refractivity contribution in [3.05, 3.63) is 15.9 Å². The highest BCUT2D eigenvalue weighted by Gasteiger charge is 2.08. The van der Waals surface area contributed by atoms with Crippen LogP contribution in [0.15, 0.2) is 9.32 Å². The maximum Gasteiger partial charge on any atom is 0.287 e. The second-order valence-corrected chi connectivity index (χ2v) is 2.09. The number of anilines is 1. The van der Waals surface area contributed by atoms with Gasteiger partial charge in [0.25, 0.3) is 5.56 Å². The SMILES string of the molecule is CCc1c(N)on(C)c1=O. The van der Waals surface area contributed by atoms with Crippen LogP contribution in [0, 0.1) is 0 Å². The number of nitrogens with zero attached hydrogens (tertiary/aromatic N) is 1. The Morgan fingerprint density at radius 1 is 1.70 bits per heavy atom. The zero-order valence-corrected chi connectivity index (χ0v) is 6.05. The Balaban J connectivity index is 3.34. The molecule has 4 heteroatoms. The molecular weight excluding hydrogens is 132 g/mol. The van der Waals surface area contributed by atoms with Crippen LogP contribution >= 0.6 is 0 Å². The van der Waals surface area contributed by atoms with Gasteiger partial charge in [0, 0.05) is 7.05 Å². The van der Waals surface area contributed by atoms with Crippen molar-refractivity contribution in [2.75, 3.05) is 5.73 Å². The van der Waals surface area contributed by atoms with Crippen LogP contribution in [0.3, 0.4) is 0 Å². The van der Waals surface area contributed by atoms with Crippen molar-refractivity contribution in [1.29, 1.82) is 0 Å². The first kappa shape index (κ1) is 6.92. The highest BCUT2D eigenvalue weighted by atomic mass is 16.5. The Morgan fingerprint density at radius 2 is 2.30 bits per heavy atom. The van der Waals surface area contributed by atoms with Crippen molar-refractivity contribution in [1.82, 2.24) is 4.74 Å². The molecule has 0 aliphatic heterocycles. The Morgan fingerprint density at radius 3 is 2.50 bits per heavy atom. The zero-order chi connectivity index (χ0) is 7.72. The lowest BCUT2D eigenvalue weighted by atomic mass is 10.3. The average Bonchev–Trinajstić information content (AvgIpc) is 2.09. The van der Waals surface area contributed by atoms with Crippen LogP contribution in [0.25, 0.3) is 0 Å². The van der Waals surface area contributed by atoms with Gasteiger partial charge in [-0.15, -0.1) is 0 Å². The van der Waals surface area contributed by atoms with Gasteiger partial charge in [-0.25, -0.2) is 0 Å². The first-order valence-corrected chi connectivity index (χ1v) is 3.11. The van der Waals surface area contributed by atoms with E-state index in [1.54, 1.807) is 0 Å². The lowest BCUT2D eigenvalue weighted by Gasteiger charge is -1.83. The molecule has 1 rings (SSSR count). The molecule has 1 aromatic rings. The van der Waals surface area contributed by atoms with E-state index in [4.69, 9.17) is 10.3 Å². The molecular formula is C6H10N2O2. The van der Waals surface area contributed by atoms with E-state index < -0.39 is 0 Å². The van der Waals surface area contributed by atoms with Gasteiger partial charge < -0.3 is 10.3 Å². The number of nitrogens with two attached hydrogens (primary N) is 1. The monoisotopic (exact) mass is 142 g/mol. The lowest BCUT2D eigenvalue weighted by Crippen LogP contribution is -2.13. The summed E-state index contributed by atoms with van der Waals surface area (Å²) in [6, 6.07) is 0. The van der Waals surface area contributed by atoms with Gasteiger partial charge in [-0.3, -0.25) is 4.79 Å².